The molecule has 2 aromatic heterocycles. The van der Waals surface area contributed by atoms with Crippen LogP contribution in [0.2, 0.25) is 5.02 Å². The van der Waals surface area contributed by atoms with Crippen molar-refractivity contribution in [1.82, 2.24) is 9.97 Å². The summed E-state index contributed by atoms with van der Waals surface area (Å²) in [6, 6.07) is 14.9. The first kappa shape index (κ1) is 22.9. The van der Waals surface area contributed by atoms with Gasteiger partial charge in [0.25, 0.3) is 10.0 Å². The highest BCUT2D eigenvalue weighted by atomic mass is 35.5. The van der Waals surface area contributed by atoms with Crippen molar-refractivity contribution in [2.24, 2.45) is 0 Å². The third-order valence-corrected chi connectivity index (χ3v) is 7.34. The van der Waals surface area contributed by atoms with E-state index in [2.05, 4.69) is 20.0 Å². The normalized spacial score (nSPS) is 11.2. The summed E-state index contributed by atoms with van der Waals surface area (Å²) in [5, 5.41) is 5.77. The number of halogens is 1. The van der Waals surface area contributed by atoms with Gasteiger partial charge in [-0.3, -0.25) is 14.5 Å². The van der Waals surface area contributed by atoms with Crippen LogP contribution in [-0.4, -0.2) is 24.3 Å². The molecule has 2 N–H and O–H groups in total. The molecule has 7 nitrogen and oxygen atoms in total. The second kappa shape index (κ2) is 9.70. The number of pyridine rings is 1. The first-order chi connectivity index (χ1) is 15.8. The molecule has 0 atom stereocenters. The fourth-order valence-corrected chi connectivity index (χ4v) is 5.43. The predicted molar refractivity (Wildman–Crippen MR) is 131 cm³/mol. The van der Waals surface area contributed by atoms with Crippen LogP contribution in [0.3, 0.4) is 0 Å². The lowest BCUT2D eigenvalue weighted by Gasteiger charge is -2.13. The van der Waals surface area contributed by atoms with Gasteiger partial charge in [-0.05, 0) is 55.0 Å². The van der Waals surface area contributed by atoms with Crippen LogP contribution in [-0.2, 0) is 21.2 Å². The molecule has 2 heterocycles. The van der Waals surface area contributed by atoms with Gasteiger partial charge >= 0.3 is 0 Å². The molecule has 0 saturated carbocycles. The van der Waals surface area contributed by atoms with Crippen LogP contribution in [0.5, 0.6) is 0 Å². The van der Waals surface area contributed by atoms with E-state index in [0.717, 1.165) is 10.6 Å². The summed E-state index contributed by atoms with van der Waals surface area (Å²) in [7, 11) is -3.88. The zero-order valence-corrected chi connectivity index (χ0v) is 19.8. The second-order valence-electron chi connectivity index (χ2n) is 7.21. The van der Waals surface area contributed by atoms with Gasteiger partial charge in [0.2, 0.25) is 5.91 Å². The quantitative estimate of drug-likeness (QED) is 0.367. The number of hydrogen-bond donors (Lipinski definition) is 2. The lowest BCUT2D eigenvalue weighted by Crippen LogP contribution is -2.17. The Morgan fingerprint density at radius 2 is 1.94 bits per heavy atom. The molecular formula is C23H19ClN4O3S2. The Morgan fingerprint density at radius 3 is 2.70 bits per heavy atom. The number of carbonyl (C=O) groups is 1. The molecule has 0 aliphatic carbocycles. The monoisotopic (exact) mass is 498 g/mol. The van der Waals surface area contributed by atoms with Gasteiger partial charge in [0.15, 0.2) is 0 Å². The Labute approximate surface area is 200 Å². The molecule has 4 rings (SSSR count). The van der Waals surface area contributed by atoms with E-state index in [4.69, 9.17) is 11.6 Å². The highest BCUT2D eigenvalue weighted by Crippen LogP contribution is 2.25. The molecule has 0 spiro atoms. The van der Waals surface area contributed by atoms with Gasteiger partial charge in [0.1, 0.15) is 5.01 Å². The molecule has 0 saturated heterocycles. The zero-order valence-electron chi connectivity index (χ0n) is 17.4. The van der Waals surface area contributed by atoms with Gasteiger partial charge < -0.3 is 5.32 Å². The largest absolute Gasteiger partial charge is 0.326 e. The van der Waals surface area contributed by atoms with Crippen LogP contribution in [0.1, 0.15) is 11.3 Å². The van der Waals surface area contributed by atoms with E-state index in [1.165, 1.54) is 23.5 Å². The SMILES string of the molecule is Cc1ccc(NC(=O)Cc2csc(-c3cccnc3)n2)cc1S(=O)(=O)Nc1cccc(Cl)c1. The number of thiazole rings is 1. The Balaban J connectivity index is 1.47. The summed E-state index contributed by atoms with van der Waals surface area (Å²) < 4.78 is 28.4. The van der Waals surface area contributed by atoms with Crippen LogP contribution in [0.4, 0.5) is 11.4 Å². The van der Waals surface area contributed by atoms with Gasteiger partial charge in [0.05, 0.1) is 22.7 Å². The number of hydrogen-bond acceptors (Lipinski definition) is 6. The number of anilines is 2. The molecule has 168 valence electrons. The van der Waals surface area contributed by atoms with Crippen molar-refractivity contribution in [3.63, 3.8) is 0 Å². The van der Waals surface area contributed by atoms with Crippen LogP contribution >= 0.6 is 22.9 Å². The molecule has 10 heteroatoms. The van der Waals surface area contributed by atoms with Gasteiger partial charge in [-0.1, -0.05) is 23.7 Å². The molecule has 0 fully saturated rings. The number of rotatable bonds is 7. The minimum Gasteiger partial charge on any atom is -0.326 e. The molecule has 1 amide bonds. The average Bonchev–Trinajstić information content (AvgIpc) is 3.23. The first-order valence-electron chi connectivity index (χ1n) is 9.84. The highest BCUT2D eigenvalue weighted by Gasteiger charge is 2.19. The van der Waals surface area contributed by atoms with E-state index in [-0.39, 0.29) is 17.2 Å². The summed E-state index contributed by atoms with van der Waals surface area (Å²) in [4.78, 5) is 21.2. The molecule has 2 aromatic carbocycles. The van der Waals surface area contributed by atoms with Crippen molar-refractivity contribution < 1.29 is 13.2 Å². The Bertz CT molecular complexity index is 1410. The smallest absolute Gasteiger partial charge is 0.262 e. The number of benzene rings is 2. The number of carbonyl (C=O) groups excluding carboxylic acids is 1. The number of nitrogens with one attached hydrogen (secondary N) is 2. The zero-order chi connectivity index (χ0) is 23.4. The Kier molecular flexibility index (Phi) is 6.73. The molecule has 0 unspecified atom stereocenters. The summed E-state index contributed by atoms with van der Waals surface area (Å²) in [6.07, 6.45) is 3.47. The van der Waals surface area contributed by atoms with Crippen LogP contribution in [0, 0.1) is 6.92 Å². The topological polar surface area (TPSA) is 101 Å². The number of sulfonamides is 1. The van der Waals surface area contributed by atoms with E-state index in [9.17, 15) is 13.2 Å². The van der Waals surface area contributed by atoms with E-state index in [0.29, 0.717) is 27.7 Å². The van der Waals surface area contributed by atoms with E-state index < -0.39 is 10.0 Å². The summed E-state index contributed by atoms with van der Waals surface area (Å²) in [5.74, 6) is -0.298. The summed E-state index contributed by atoms with van der Waals surface area (Å²) in [6.45, 7) is 1.69. The van der Waals surface area contributed by atoms with Crippen LogP contribution in [0.15, 0.2) is 77.3 Å². The van der Waals surface area contributed by atoms with Crippen molar-refractivity contribution in [2.75, 3.05) is 10.0 Å². The fraction of sp³-hybridized carbons (Fsp3) is 0.0870. The molecule has 0 aliphatic rings. The summed E-state index contributed by atoms with van der Waals surface area (Å²) in [5.41, 5.74) is 2.78. The first-order valence-corrected chi connectivity index (χ1v) is 12.6. The molecule has 0 bridgehead atoms. The third-order valence-electron chi connectivity index (χ3n) is 4.64. The van der Waals surface area contributed by atoms with Crippen molar-refractivity contribution in [3.8, 4) is 10.6 Å². The predicted octanol–water partition coefficient (Wildman–Crippen LogP) is 5.15. The second-order valence-corrected chi connectivity index (χ2v) is 10.2. The fourth-order valence-electron chi connectivity index (χ4n) is 3.11. The molecular weight excluding hydrogens is 480 g/mol. The maximum Gasteiger partial charge on any atom is 0.262 e. The van der Waals surface area contributed by atoms with E-state index in [1.807, 2.05) is 17.5 Å². The number of aryl methyl sites for hydroxylation is 1. The van der Waals surface area contributed by atoms with E-state index >= 15 is 0 Å². The third kappa shape index (κ3) is 5.75. The number of aromatic nitrogens is 2. The van der Waals surface area contributed by atoms with Crippen molar-refractivity contribution in [3.05, 3.63) is 88.7 Å². The summed E-state index contributed by atoms with van der Waals surface area (Å²) >= 11 is 7.38. The minimum atomic E-state index is -3.88. The maximum absolute atomic E-state index is 12.9. The van der Waals surface area contributed by atoms with Gasteiger partial charge in [0, 0.05) is 34.0 Å². The van der Waals surface area contributed by atoms with E-state index in [1.54, 1.807) is 49.6 Å². The standard InChI is InChI=1S/C23H19ClN4O3S2/c1-15-7-8-18(11-21(15)33(30,31)28-19-6-2-5-17(24)10-19)26-22(29)12-20-14-32-23(27-20)16-4-3-9-25-13-16/h2-11,13-14,28H,12H2,1H3,(H,26,29). The van der Waals surface area contributed by atoms with Crippen LogP contribution < -0.4 is 10.0 Å². The Hall–Kier alpha value is -3.27. The van der Waals surface area contributed by atoms with Crippen LogP contribution in [0.25, 0.3) is 10.6 Å². The van der Waals surface area contributed by atoms with Gasteiger partial charge in [-0.25, -0.2) is 13.4 Å². The lowest BCUT2D eigenvalue weighted by molar-refractivity contribution is -0.115. The minimum absolute atomic E-state index is 0.0628. The van der Waals surface area contributed by atoms with Crippen molar-refractivity contribution in [1.29, 1.82) is 0 Å². The van der Waals surface area contributed by atoms with Gasteiger partial charge in [-0.15, -0.1) is 11.3 Å². The van der Waals surface area contributed by atoms with Gasteiger partial charge in [-0.2, -0.15) is 0 Å². The maximum atomic E-state index is 12.9. The molecule has 0 aliphatic heterocycles. The molecule has 4 aromatic rings. The highest BCUT2D eigenvalue weighted by molar-refractivity contribution is 7.92. The van der Waals surface area contributed by atoms with Crippen molar-refractivity contribution in [2.45, 2.75) is 18.2 Å². The average molecular weight is 499 g/mol. The number of nitrogens with zero attached hydrogens (tertiary/aromatic N) is 2. The lowest BCUT2D eigenvalue weighted by atomic mass is 10.2. The molecule has 0 radical (unpaired) electrons. The number of amides is 1. The molecule has 33 heavy (non-hydrogen) atoms. The Morgan fingerprint density at radius 1 is 1.09 bits per heavy atom. The van der Waals surface area contributed by atoms with Crippen molar-refractivity contribution >= 4 is 50.2 Å².